The number of hydrazine groups is 1. The first-order valence-electron chi connectivity index (χ1n) is 5.33. The number of anilines is 1. The Labute approximate surface area is 100.0 Å². The molecule has 0 amide bonds. The van der Waals surface area contributed by atoms with E-state index in [0.29, 0.717) is 5.95 Å². The second-order valence-electron chi connectivity index (χ2n) is 3.93. The van der Waals surface area contributed by atoms with Crippen LogP contribution in [0.1, 0.15) is 11.1 Å². The van der Waals surface area contributed by atoms with Crippen molar-refractivity contribution in [1.29, 1.82) is 0 Å². The molecular weight excluding hydrogens is 216 g/mol. The summed E-state index contributed by atoms with van der Waals surface area (Å²) in [5, 5.41) is 0. The van der Waals surface area contributed by atoms with E-state index in [1.54, 1.807) is 13.3 Å². The minimum absolute atomic E-state index is 0.528. The van der Waals surface area contributed by atoms with Crippen molar-refractivity contribution in [1.82, 2.24) is 9.97 Å². The van der Waals surface area contributed by atoms with Crippen molar-refractivity contribution in [2.45, 2.75) is 13.8 Å². The van der Waals surface area contributed by atoms with E-state index in [0.717, 1.165) is 17.0 Å². The van der Waals surface area contributed by atoms with E-state index in [9.17, 15) is 0 Å². The number of benzene rings is 1. The summed E-state index contributed by atoms with van der Waals surface area (Å²) in [6.45, 7) is 4.12. The zero-order chi connectivity index (χ0) is 12.4. The van der Waals surface area contributed by atoms with E-state index in [-0.39, 0.29) is 0 Å². The maximum absolute atomic E-state index is 5.38. The van der Waals surface area contributed by atoms with Gasteiger partial charge in [-0.15, -0.1) is 0 Å². The lowest BCUT2D eigenvalue weighted by Crippen LogP contribution is -2.07. The highest BCUT2D eigenvalue weighted by molar-refractivity contribution is 5.69. The number of nitrogens with one attached hydrogen (secondary N) is 2. The van der Waals surface area contributed by atoms with Crippen LogP contribution in [0.15, 0.2) is 18.3 Å². The first-order valence-corrected chi connectivity index (χ1v) is 5.33. The number of H-pyrrole nitrogens is 1. The number of ether oxygens (including phenoxy) is 1. The lowest BCUT2D eigenvalue weighted by Gasteiger charge is -2.10. The van der Waals surface area contributed by atoms with Crippen LogP contribution in [0, 0.1) is 13.8 Å². The smallest absolute Gasteiger partial charge is 0.215 e. The molecule has 1 aromatic carbocycles. The molecule has 0 aliphatic heterocycles. The Bertz CT molecular complexity index is 533. The molecule has 1 aromatic heterocycles. The fraction of sp³-hybridized carbons (Fsp3) is 0.250. The molecule has 0 unspecified atom stereocenters. The molecule has 0 saturated heterocycles. The summed E-state index contributed by atoms with van der Waals surface area (Å²) in [5.41, 5.74) is 6.73. The summed E-state index contributed by atoms with van der Waals surface area (Å²) in [4.78, 5) is 7.16. The van der Waals surface area contributed by atoms with Gasteiger partial charge in [0.15, 0.2) is 0 Å². The largest absolute Gasteiger partial charge is 0.496 e. The Kier molecular flexibility index (Phi) is 3.01. The standard InChI is InChI=1S/C12H16N4O/c1-7-4-9(11(17-3)5-8(7)2)10-6-14-12(15-10)16-13/h4-6H,13H2,1-3H3,(H2,14,15,16). The van der Waals surface area contributed by atoms with E-state index >= 15 is 0 Å². The van der Waals surface area contributed by atoms with Gasteiger partial charge in [-0.25, -0.2) is 10.8 Å². The average molecular weight is 232 g/mol. The number of nitrogen functional groups attached to an aromatic ring is 1. The zero-order valence-corrected chi connectivity index (χ0v) is 10.2. The molecule has 0 spiro atoms. The van der Waals surface area contributed by atoms with Crippen LogP contribution in [-0.4, -0.2) is 17.1 Å². The number of aromatic amines is 1. The topological polar surface area (TPSA) is 76.0 Å². The molecule has 2 aromatic rings. The predicted molar refractivity (Wildman–Crippen MR) is 67.9 cm³/mol. The Morgan fingerprint density at radius 1 is 1.29 bits per heavy atom. The van der Waals surface area contributed by atoms with Crippen LogP contribution in [0.25, 0.3) is 11.3 Å². The van der Waals surface area contributed by atoms with Crippen molar-refractivity contribution >= 4 is 5.95 Å². The molecule has 0 bridgehead atoms. The third-order valence-electron chi connectivity index (χ3n) is 2.82. The number of aryl methyl sites for hydroxylation is 2. The molecule has 4 N–H and O–H groups in total. The summed E-state index contributed by atoms with van der Waals surface area (Å²) in [7, 11) is 1.66. The summed E-state index contributed by atoms with van der Waals surface area (Å²) >= 11 is 0. The molecule has 0 radical (unpaired) electrons. The van der Waals surface area contributed by atoms with Crippen LogP contribution in [0.2, 0.25) is 0 Å². The van der Waals surface area contributed by atoms with Gasteiger partial charge in [0.2, 0.25) is 5.95 Å². The van der Waals surface area contributed by atoms with Crippen molar-refractivity contribution in [2.75, 3.05) is 12.5 Å². The van der Waals surface area contributed by atoms with Crippen molar-refractivity contribution in [3.8, 4) is 17.0 Å². The van der Waals surface area contributed by atoms with Gasteiger partial charge in [0.25, 0.3) is 0 Å². The van der Waals surface area contributed by atoms with E-state index in [4.69, 9.17) is 10.6 Å². The fourth-order valence-electron chi connectivity index (χ4n) is 1.70. The number of nitrogens with zero attached hydrogens (tertiary/aromatic N) is 1. The molecule has 0 aliphatic rings. The predicted octanol–water partition coefficient (Wildman–Crippen LogP) is 1.99. The average Bonchev–Trinajstić information content (AvgIpc) is 2.80. The van der Waals surface area contributed by atoms with Crippen LogP contribution in [0.4, 0.5) is 5.95 Å². The minimum Gasteiger partial charge on any atom is -0.496 e. The highest BCUT2D eigenvalue weighted by atomic mass is 16.5. The van der Waals surface area contributed by atoms with Gasteiger partial charge in [0, 0.05) is 5.56 Å². The summed E-state index contributed by atoms with van der Waals surface area (Å²) in [5.74, 6) is 6.64. The van der Waals surface area contributed by atoms with Crippen LogP contribution in [0.3, 0.4) is 0 Å². The number of hydrogen-bond donors (Lipinski definition) is 3. The van der Waals surface area contributed by atoms with Crippen LogP contribution in [-0.2, 0) is 0 Å². The molecule has 17 heavy (non-hydrogen) atoms. The third kappa shape index (κ3) is 2.09. The lowest BCUT2D eigenvalue weighted by molar-refractivity contribution is 0.416. The molecule has 1 heterocycles. The number of imidazole rings is 1. The van der Waals surface area contributed by atoms with Crippen LogP contribution in [0.5, 0.6) is 5.75 Å². The monoisotopic (exact) mass is 232 g/mol. The molecule has 5 nitrogen and oxygen atoms in total. The zero-order valence-electron chi connectivity index (χ0n) is 10.2. The molecule has 90 valence electrons. The lowest BCUT2D eigenvalue weighted by atomic mass is 10.0. The normalized spacial score (nSPS) is 10.4. The molecule has 0 aliphatic carbocycles. The Hall–Kier alpha value is -2.01. The maximum Gasteiger partial charge on any atom is 0.215 e. The van der Waals surface area contributed by atoms with Gasteiger partial charge in [-0.3, -0.25) is 5.43 Å². The van der Waals surface area contributed by atoms with E-state index in [1.165, 1.54) is 11.1 Å². The SMILES string of the molecule is COc1cc(C)c(C)cc1-c1cnc(NN)[nH]1. The minimum atomic E-state index is 0.528. The Morgan fingerprint density at radius 2 is 2.00 bits per heavy atom. The van der Waals surface area contributed by atoms with Gasteiger partial charge < -0.3 is 9.72 Å². The van der Waals surface area contributed by atoms with Crippen molar-refractivity contribution < 1.29 is 4.74 Å². The molecule has 2 rings (SSSR count). The summed E-state index contributed by atoms with van der Waals surface area (Å²) < 4.78 is 5.38. The number of hydrogen-bond acceptors (Lipinski definition) is 4. The van der Waals surface area contributed by atoms with Crippen molar-refractivity contribution in [3.05, 3.63) is 29.5 Å². The molecule has 0 fully saturated rings. The highest BCUT2D eigenvalue weighted by Gasteiger charge is 2.10. The van der Waals surface area contributed by atoms with Gasteiger partial charge in [-0.05, 0) is 37.1 Å². The van der Waals surface area contributed by atoms with Gasteiger partial charge >= 0.3 is 0 Å². The van der Waals surface area contributed by atoms with E-state index < -0.39 is 0 Å². The third-order valence-corrected chi connectivity index (χ3v) is 2.82. The van der Waals surface area contributed by atoms with Crippen LogP contribution >= 0.6 is 0 Å². The Morgan fingerprint density at radius 3 is 2.59 bits per heavy atom. The second-order valence-corrected chi connectivity index (χ2v) is 3.93. The van der Waals surface area contributed by atoms with Crippen molar-refractivity contribution in [3.63, 3.8) is 0 Å². The summed E-state index contributed by atoms with van der Waals surface area (Å²) in [6, 6.07) is 4.09. The van der Waals surface area contributed by atoms with Gasteiger partial charge in [0.1, 0.15) is 5.75 Å². The first kappa shape index (κ1) is 11.5. The van der Waals surface area contributed by atoms with E-state index in [1.807, 2.05) is 6.07 Å². The van der Waals surface area contributed by atoms with Gasteiger partial charge in [-0.1, -0.05) is 0 Å². The number of nitrogens with two attached hydrogens (primary N) is 1. The second kappa shape index (κ2) is 4.47. The molecule has 0 atom stereocenters. The number of rotatable bonds is 3. The van der Waals surface area contributed by atoms with Crippen molar-refractivity contribution in [2.24, 2.45) is 5.84 Å². The molecular formula is C12H16N4O. The van der Waals surface area contributed by atoms with Crippen LogP contribution < -0.4 is 16.0 Å². The number of methoxy groups -OCH3 is 1. The number of aromatic nitrogens is 2. The Balaban J connectivity index is 2.53. The van der Waals surface area contributed by atoms with E-state index in [2.05, 4.69) is 35.3 Å². The molecule has 0 saturated carbocycles. The summed E-state index contributed by atoms with van der Waals surface area (Å²) in [6.07, 6.45) is 1.72. The maximum atomic E-state index is 5.38. The first-order chi connectivity index (χ1) is 8.15. The van der Waals surface area contributed by atoms with Gasteiger partial charge in [-0.2, -0.15) is 0 Å². The highest BCUT2D eigenvalue weighted by Crippen LogP contribution is 2.31. The van der Waals surface area contributed by atoms with Gasteiger partial charge in [0.05, 0.1) is 19.0 Å². The fourth-order valence-corrected chi connectivity index (χ4v) is 1.70. The molecule has 5 heteroatoms. The quantitative estimate of drug-likeness (QED) is 0.558.